The zero-order valence-corrected chi connectivity index (χ0v) is 16.7. The van der Waals surface area contributed by atoms with Gasteiger partial charge in [-0.05, 0) is 68.1 Å². The Labute approximate surface area is 158 Å². The van der Waals surface area contributed by atoms with Gasteiger partial charge in [-0.1, -0.05) is 39.8 Å². The van der Waals surface area contributed by atoms with E-state index in [1.165, 1.54) is 5.56 Å². The first-order valence-corrected chi connectivity index (χ1v) is 10.1. The van der Waals surface area contributed by atoms with E-state index in [0.29, 0.717) is 18.3 Å². The van der Waals surface area contributed by atoms with Crippen molar-refractivity contribution in [1.82, 2.24) is 5.32 Å². The number of carbonyl (C=O) groups is 2. The number of hydrogen-bond donors (Lipinski definition) is 2. The summed E-state index contributed by atoms with van der Waals surface area (Å²) in [7, 11) is 0. The van der Waals surface area contributed by atoms with Gasteiger partial charge in [-0.15, -0.1) is 0 Å². The molecule has 1 aliphatic carbocycles. The fourth-order valence-corrected chi connectivity index (χ4v) is 3.61. The van der Waals surface area contributed by atoms with Gasteiger partial charge in [0.25, 0.3) is 0 Å². The van der Waals surface area contributed by atoms with Gasteiger partial charge in [-0.3, -0.25) is 9.59 Å². The summed E-state index contributed by atoms with van der Waals surface area (Å²) in [6.07, 6.45) is 5.64. The second-order valence-corrected chi connectivity index (χ2v) is 8.19. The predicted molar refractivity (Wildman–Crippen MR) is 107 cm³/mol. The Morgan fingerprint density at radius 1 is 1.15 bits per heavy atom. The van der Waals surface area contributed by atoms with Crippen LogP contribution in [-0.2, 0) is 16.0 Å². The number of benzene rings is 1. The minimum atomic E-state index is -0.480. The summed E-state index contributed by atoms with van der Waals surface area (Å²) in [4.78, 5) is 25.5. The lowest BCUT2D eigenvalue weighted by Gasteiger charge is -2.28. The van der Waals surface area contributed by atoms with Crippen molar-refractivity contribution in [2.45, 2.75) is 72.3 Å². The number of anilines is 1. The normalized spacial score (nSPS) is 21.3. The van der Waals surface area contributed by atoms with Crippen LogP contribution >= 0.6 is 0 Å². The highest BCUT2D eigenvalue weighted by molar-refractivity contribution is 5.97. The Morgan fingerprint density at radius 3 is 2.46 bits per heavy atom. The molecule has 1 fully saturated rings. The molecule has 1 atom stereocenters. The van der Waals surface area contributed by atoms with Gasteiger partial charge in [0.1, 0.15) is 6.04 Å². The van der Waals surface area contributed by atoms with Crippen LogP contribution < -0.4 is 10.6 Å². The molecule has 144 valence electrons. The molecule has 0 aromatic heterocycles. The van der Waals surface area contributed by atoms with Gasteiger partial charge in [-0.25, -0.2) is 0 Å². The highest BCUT2D eigenvalue weighted by atomic mass is 16.2. The lowest BCUT2D eigenvalue weighted by Crippen LogP contribution is -2.47. The third-order valence-electron chi connectivity index (χ3n) is 5.33. The summed E-state index contributed by atoms with van der Waals surface area (Å²) in [5.41, 5.74) is 1.98. The van der Waals surface area contributed by atoms with Gasteiger partial charge >= 0.3 is 0 Å². The van der Waals surface area contributed by atoms with Gasteiger partial charge in [-0.2, -0.15) is 0 Å². The van der Waals surface area contributed by atoms with E-state index in [2.05, 4.69) is 38.3 Å². The Hall–Kier alpha value is -1.84. The Balaban J connectivity index is 2.00. The zero-order valence-electron chi connectivity index (χ0n) is 16.7. The number of rotatable bonds is 7. The molecule has 0 saturated heterocycles. The molecule has 0 unspecified atom stereocenters. The molecule has 0 radical (unpaired) electrons. The average Bonchev–Trinajstić information content (AvgIpc) is 2.61. The third kappa shape index (κ3) is 6.15. The predicted octanol–water partition coefficient (Wildman–Crippen LogP) is 4.54. The molecule has 2 N–H and O–H groups in total. The molecule has 1 aromatic carbocycles. The quantitative estimate of drug-likeness (QED) is 0.751. The maximum Gasteiger partial charge on any atom is 0.246 e. The van der Waals surface area contributed by atoms with Crippen molar-refractivity contribution in [2.75, 3.05) is 5.32 Å². The molecule has 2 amide bonds. The second-order valence-electron chi connectivity index (χ2n) is 8.19. The number of nitrogens with one attached hydrogen (secondary N) is 2. The van der Waals surface area contributed by atoms with Crippen LogP contribution in [0.4, 0.5) is 5.69 Å². The summed E-state index contributed by atoms with van der Waals surface area (Å²) in [5.74, 6) is 1.01. The average molecular weight is 359 g/mol. The van der Waals surface area contributed by atoms with Crippen molar-refractivity contribution in [3.05, 3.63) is 29.8 Å². The van der Waals surface area contributed by atoms with Gasteiger partial charge in [0.05, 0.1) is 0 Å². The van der Waals surface area contributed by atoms with Crippen LogP contribution in [0, 0.1) is 17.8 Å². The van der Waals surface area contributed by atoms with E-state index in [4.69, 9.17) is 0 Å². The van der Waals surface area contributed by atoms with Crippen molar-refractivity contribution in [3.63, 3.8) is 0 Å². The number of aryl methyl sites for hydroxylation is 1. The second kappa shape index (κ2) is 9.75. The van der Waals surface area contributed by atoms with Crippen molar-refractivity contribution in [3.8, 4) is 0 Å². The largest absolute Gasteiger partial charge is 0.344 e. The zero-order chi connectivity index (χ0) is 19.1. The summed E-state index contributed by atoms with van der Waals surface area (Å²) >= 11 is 0. The van der Waals surface area contributed by atoms with E-state index in [9.17, 15) is 9.59 Å². The molecule has 1 saturated carbocycles. The first-order valence-electron chi connectivity index (χ1n) is 10.1. The SMILES string of the molecule is CCc1cccc(NC(=O)[C@@H](CC(C)C)NC(=O)C2CCC(C)CC2)c1. The maximum absolute atomic E-state index is 12.8. The molecule has 4 heteroatoms. The van der Waals surface area contributed by atoms with Gasteiger partial charge in [0, 0.05) is 11.6 Å². The van der Waals surface area contributed by atoms with Crippen LogP contribution in [0.1, 0.15) is 65.4 Å². The van der Waals surface area contributed by atoms with E-state index < -0.39 is 6.04 Å². The van der Waals surface area contributed by atoms with E-state index in [1.807, 2.05) is 24.3 Å². The minimum Gasteiger partial charge on any atom is -0.344 e. The van der Waals surface area contributed by atoms with Crippen LogP contribution in [0.3, 0.4) is 0 Å². The van der Waals surface area contributed by atoms with Gasteiger partial charge in [0.2, 0.25) is 11.8 Å². The fraction of sp³-hybridized carbons (Fsp3) is 0.636. The van der Waals surface area contributed by atoms with E-state index in [1.54, 1.807) is 0 Å². The summed E-state index contributed by atoms with van der Waals surface area (Å²) in [5, 5.41) is 6.01. The van der Waals surface area contributed by atoms with Crippen molar-refractivity contribution >= 4 is 17.5 Å². The molecular weight excluding hydrogens is 324 g/mol. The van der Waals surface area contributed by atoms with Crippen LogP contribution in [0.2, 0.25) is 0 Å². The molecule has 4 nitrogen and oxygen atoms in total. The number of hydrogen-bond acceptors (Lipinski definition) is 2. The standard InChI is InChI=1S/C22H34N2O2/c1-5-17-7-6-8-19(14-17)23-22(26)20(13-15(2)3)24-21(25)18-11-9-16(4)10-12-18/h6-8,14-16,18,20H,5,9-13H2,1-4H3,(H,23,26)(H,24,25)/t16?,18?,20-/m1/s1. The lowest BCUT2D eigenvalue weighted by molar-refractivity contribution is -0.130. The monoisotopic (exact) mass is 358 g/mol. The van der Waals surface area contributed by atoms with Gasteiger partial charge in [0.15, 0.2) is 0 Å². The summed E-state index contributed by atoms with van der Waals surface area (Å²) < 4.78 is 0. The maximum atomic E-state index is 12.8. The van der Waals surface area contributed by atoms with Crippen molar-refractivity contribution < 1.29 is 9.59 Å². The van der Waals surface area contributed by atoms with Crippen LogP contribution in [0.5, 0.6) is 0 Å². The molecular formula is C22H34N2O2. The minimum absolute atomic E-state index is 0.0417. The molecule has 0 spiro atoms. The number of carbonyl (C=O) groups excluding carboxylic acids is 2. The Kier molecular flexibility index (Phi) is 7.67. The molecule has 1 aromatic rings. The lowest BCUT2D eigenvalue weighted by atomic mass is 9.82. The number of amides is 2. The first kappa shape index (κ1) is 20.5. The molecule has 26 heavy (non-hydrogen) atoms. The molecule has 2 rings (SSSR count). The highest BCUT2D eigenvalue weighted by Crippen LogP contribution is 2.28. The molecule has 0 heterocycles. The van der Waals surface area contributed by atoms with E-state index in [0.717, 1.165) is 37.8 Å². The first-order chi connectivity index (χ1) is 12.4. The Bertz CT molecular complexity index is 604. The van der Waals surface area contributed by atoms with Crippen molar-refractivity contribution in [1.29, 1.82) is 0 Å². The summed E-state index contributed by atoms with van der Waals surface area (Å²) in [6.45, 7) is 8.49. The van der Waals surface area contributed by atoms with Gasteiger partial charge < -0.3 is 10.6 Å². The van der Waals surface area contributed by atoms with Crippen molar-refractivity contribution in [2.24, 2.45) is 17.8 Å². The smallest absolute Gasteiger partial charge is 0.246 e. The van der Waals surface area contributed by atoms with Crippen LogP contribution in [-0.4, -0.2) is 17.9 Å². The van der Waals surface area contributed by atoms with Crippen LogP contribution in [0.15, 0.2) is 24.3 Å². The topological polar surface area (TPSA) is 58.2 Å². The van der Waals surface area contributed by atoms with E-state index >= 15 is 0 Å². The summed E-state index contributed by atoms with van der Waals surface area (Å²) in [6, 6.07) is 7.41. The molecule has 0 aliphatic heterocycles. The third-order valence-corrected chi connectivity index (χ3v) is 5.33. The van der Waals surface area contributed by atoms with Crippen LogP contribution in [0.25, 0.3) is 0 Å². The highest BCUT2D eigenvalue weighted by Gasteiger charge is 2.28. The van der Waals surface area contributed by atoms with E-state index in [-0.39, 0.29) is 17.7 Å². The fourth-order valence-electron chi connectivity index (χ4n) is 3.61. The Morgan fingerprint density at radius 2 is 1.85 bits per heavy atom. The molecule has 0 bridgehead atoms. The molecule has 1 aliphatic rings.